The summed E-state index contributed by atoms with van der Waals surface area (Å²) < 4.78 is 41.0. The lowest BCUT2D eigenvalue weighted by molar-refractivity contribution is 0.600. The average molecular weight is 424 g/mol. The Kier molecular flexibility index (Phi) is 4.36. The summed E-state index contributed by atoms with van der Waals surface area (Å²) in [6, 6.07) is 8.30. The van der Waals surface area contributed by atoms with Crippen LogP contribution in [0, 0.1) is 5.82 Å². The van der Waals surface area contributed by atoms with Crippen LogP contribution in [0.1, 0.15) is 0 Å². The molecule has 0 fully saturated rings. The van der Waals surface area contributed by atoms with Gasteiger partial charge in [-0.25, -0.2) is 12.8 Å². The summed E-state index contributed by atoms with van der Waals surface area (Å²) in [7, 11) is -3.79. The van der Waals surface area contributed by atoms with Crippen LogP contribution in [0.15, 0.2) is 50.2 Å². The van der Waals surface area contributed by atoms with Gasteiger partial charge in [0, 0.05) is 8.95 Å². The molecule has 0 aliphatic rings. The highest BCUT2D eigenvalue weighted by atomic mass is 79.9. The molecule has 0 heterocycles. The summed E-state index contributed by atoms with van der Waals surface area (Å²) >= 11 is 6.43. The van der Waals surface area contributed by atoms with Crippen LogP contribution in [0.2, 0.25) is 0 Å². The number of nitrogen functional groups attached to an aromatic ring is 1. The number of anilines is 2. The molecule has 2 rings (SSSR count). The fourth-order valence-corrected chi connectivity index (χ4v) is 4.31. The molecular weight excluding hydrogens is 415 g/mol. The smallest absolute Gasteiger partial charge is 0.263 e. The Hall–Kier alpha value is -1.12. The molecular formula is C12H9Br2FN2O2S. The molecule has 0 saturated heterocycles. The van der Waals surface area contributed by atoms with Gasteiger partial charge >= 0.3 is 0 Å². The van der Waals surface area contributed by atoms with Crippen molar-refractivity contribution >= 4 is 53.3 Å². The Labute approximate surface area is 132 Å². The van der Waals surface area contributed by atoms with Gasteiger partial charge in [0.1, 0.15) is 10.7 Å². The molecule has 0 aromatic heterocycles. The number of hydrogen-bond acceptors (Lipinski definition) is 3. The molecule has 0 spiro atoms. The maximum Gasteiger partial charge on any atom is 0.263 e. The van der Waals surface area contributed by atoms with E-state index in [1.807, 2.05) is 0 Å². The third-order valence-corrected chi connectivity index (χ3v) is 5.28. The summed E-state index contributed by atoms with van der Waals surface area (Å²) in [5, 5.41) is 0. The lowest BCUT2D eigenvalue weighted by atomic mass is 10.3. The van der Waals surface area contributed by atoms with Crippen LogP contribution in [0.4, 0.5) is 15.8 Å². The second-order valence-electron chi connectivity index (χ2n) is 3.92. The van der Waals surface area contributed by atoms with Crippen LogP contribution < -0.4 is 10.5 Å². The van der Waals surface area contributed by atoms with Crippen LogP contribution in [0.5, 0.6) is 0 Å². The Morgan fingerprint density at radius 3 is 2.40 bits per heavy atom. The maximum absolute atomic E-state index is 13.0. The molecule has 3 N–H and O–H groups in total. The van der Waals surface area contributed by atoms with E-state index in [2.05, 4.69) is 36.6 Å². The van der Waals surface area contributed by atoms with Crippen molar-refractivity contribution in [3.63, 3.8) is 0 Å². The van der Waals surface area contributed by atoms with Crippen molar-refractivity contribution in [3.8, 4) is 0 Å². The molecule has 4 nitrogen and oxygen atoms in total. The number of halogens is 3. The second kappa shape index (κ2) is 5.71. The standard InChI is InChI=1S/C12H9Br2FN2O2S/c13-7-1-4-12(9(14)5-7)20(18,19)17-8-2-3-10(15)11(16)6-8/h1-6,17H,16H2. The van der Waals surface area contributed by atoms with Gasteiger partial charge in [-0.05, 0) is 52.3 Å². The topological polar surface area (TPSA) is 72.2 Å². The van der Waals surface area contributed by atoms with E-state index in [1.165, 1.54) is 18.2 Å². The highest BCUT2D eigenvalue weighted by Crippen LogP contribution is 2.28. The van der Waals surface area contributed by atoms with Crippen LogP contribution in [-0.4, -0.2) is 8.42 Å². The minimum absolute atomic E-state index is 0.0728. The second-order valence-corrected chi connectivity index (χ2v) is 7.34. The Bertz CT molecular complexity index is 766. The van der Waals surface area contributed by atoms with E-state index < -0.39 is 15.8 Å². The van der Waals surface area contributed by atoms with E-state index in [9.17, 15) is 12.8 Å². The molecule has 0 unspecified atom stereocenters. The molecule has 8 heteroatoms. The van der Waals surface area contributed by atoms with Gasteiger partial charge in [-0.3, -0.25) is 4.72 Å². The molecule has 0 bridgehead atoms. The van der Waals surface area contributed by atoms with E-state index in [1.54, 1.807) is 12.1 Å². The molecule has 2 aromatic carbocycles. The first-order chi connectivity index (χ1) is 9.29. The van der Waals surface area contributed by atoms with Crippen molar-refractivity contribution < 1.29 is 12.8 Å². The Balaban J connectivity index is 2.38. The average Bonchev–Trinajstić information content (AvgIpc) is 2.33. The number of hydrogen-bond donors (Lipinski definition) is 2. The van der Waals surface area contributed by atoms with Crippen molar-refractivity contribution in [2.24, 2.45) is 0 Å². The fraction of sp³-hybridized carbons (Fsp3) is 0. The third-order valence-electron chi connectivity index (χ3n) is 2.43. The third kappa shape index (κ3) is 3.31. The quantitative estimate of drug-likeness (QED) is 0.738. The predicted molar refractivity (Wildman–Crippen MR) is 83.5 cm³/mol. The van der Waals surface area contributed by atoms with Gasteiger partial charge in [-0.2, -0.15) is 0 Å². The molecule has 0 atom stereocenters. The van der Waals surface area contributed by atoms with Gasteiger partial charge in [-0.15, -0.1) is 0 Å². The van der Waals surface area contributed by atoms with Gasteiger partial charge in [-0.1, -0.05) is 15.9 Å². The summed E-state index contributed by atoms with van der Waals surface area (Å²) in [6.45, 7) is 0. The number of rotatable bonds is 3. The van der Waals surface area contributed by atoms with Crippen LogP contribution >= 0.6 is 31.9 Å². The fourth-order valence-electron chi connectivity index (χ4n) is 1.51. The molecule has 2 aromatic rings. The zero-order chi connectivity index (χ0) is 14.9. The monoisotopic (exact) mass is 422 g/mol. The Morgan fingerprint density at radius 1 is 1.10 bits per heavy atom. The normalized spacial score (nSPS) is 11.3. The summed E-state index contributed by atoms with van der Waals surface area (Å²) in [4.78, 5) is 0.0728. The summed E-state index contributed by atoms with van der Waals surface area (Å²) in [5.41, 5.74) is 5.47. The molecule has 0 saturated carbocycles. The van der Waals surface area contributed by atoms with Crippen molar-refractivity contribution in [1.82, 2.24) is 0 Å². The lowest BCUT2D eigenvalue weighted by Gasteiger charge is -2.10. The first-order valence-corrected chi connectivity index (χ1v) is 8.39. The zero-order valence-electron chi connectivity index (χ0n) is 9.90. The zero-order valence-corrected chi connectivity index (χ0v) is 13.9. The maximum atomic E-state index is 13.0. The Morgan fingerprint density at radius 2 is 1.80 bits per heavy atom. The molecule has 0 aliphatic carbocycles. The van der Waals surface area contributed by atoms with E-state index in [0.717, 1.165) is 10.5 Å². The number of nitrogens with one attached hydrogen (secondary N) is 1. The van der Waals surface area contributed by atoms with Crippen LogP contribution in [0.3, 0.4) is 0 Å². The van der Waals surface area contributed by atoms with Gasteiger partial charge in [0.05, 0.1) is 11.4 Å². The molecule has 0 amide bonds. The van der Waals surface area contributed by atoms with Crippen molar-refractivity contribution in [2.75, 3.05) is 10.5 Å². The lowest BCUT2D eigenvalue weighted by Crippen LogP contribution is -2.13. The van der Waals surface area contributed by atoms with Crippen LogP contribution in [-0.2, 0) is 10.0 Å². The minimum Gasteiger partial charge on any atom is -0.396 e. The van der Waals surface area contributed by atoms with Gasteiger partial charge in [0.15, 0.2) is 0 Å². The van der Waals surface area contributed by atoms with Gasteiger partial charge in [0.2, 0.25) is 0 Å². The largest absolute Gasteiger partial charge is 0.396 e. The van der Waals surface area contributed by atoms with E-state index in [-0.39, 0.29) is 16.3 Å². The molecule has 20 heavy (non-hydrogen) atoms. The number of benzene rings is 2. The molecule has 0 radical (unpaired) electrons. The van der Waals surface area contributed by atoms with Crippen molar-refractivity contribution in [3.05, 3.63) is 51.2 Å². The van der Waals surface area contributed by atoms with E-state index >= 15 is 0 Å². The summed E-state index contributed by atoms with van der Waals surface area (Å²) in [5.74, 6) is -0.599. The first kappa shape index (κ1) is 15.3. The molecule has 0 aliphatic heterocycles. The van der Waals surface area contributed by atoms with Crippen molar-refractivity contribution in [2.45, 2.75) is 4.90 Å². The highest BCUT2D eigenvalue weighted by Gasteiger charge is 2.18. The first-order valence-electron chi connectivity index (χ1n) is 5.32. The minimum atomic E-state index is -3.79. The predicted octanol–water partition coefficient (Wildman–Crippen LogP) is 3.73. The molecule has 106 valence electrons. The van der Waals surface area contributed by atoms with E-state index in [0.29, 0.717) is 4.47 Å². The number of sulfonamides is 1. The van der Waals surface area contributed by atoms with Crippen molar-refractivity contribution in [1.29, 1.82) is 0 Å². The number of nitrogens with two attached hydrogens (primary N) is 1. The highest BCUT2D eigenvalue weighted by molar-refractivity contribution is 9.11. The van der Waals surface area contributed by atoms with Gasteiger partial charge < -0.3 is 5.73 Å². The van der Waals surface area contributed by atoms with E-state index in [4.69, 9.17) is 5.73 Å². The van der Waals surface area contributed by atoms with Crippen LogP contribution in [0.25, 0.3) is 0 Å². The van der Waals surface area contributed by atoms with Gasteiger partial charge in [0.25, 0.3) is 10.0 Å². The summed E-state index contributed by atoms with van der Waals surface area (Å²) in [6.07, 6.45) is 0. The SMILES string of the molecule is Nc1cc(NS(=O)(=O)c2ccc(Br)cc2Br)ccc1F.